The SMILES string of the molecule is CCOC(=O)[C@@H](C)N1C(=O)S/C(=C/c2cc(Br)c(OCC)c(OCC)c2)C1=O. The monoisotopic (exact) mass is 471 g/mol. The molecule has 1 aliphatic rings. The summed E-state index contributed by atoms with van der Waals surface area (Å²) in [6, 6.07) is 2.53. The van der Waals surface area contributed by atoms with Crippen LogP contribution in [0.1, 0.15) is 33.3 Å². The van der Waals surface area contributed by atoms with Crippen molar-refractivity contribution in [2.24, 2.45) is 0 Å². The van der Waals surface area contributed by atoms with Crippen molar-refractivity contribution in [2.75, 3.05) is 19.8 Å². The van der Waals surface area contributed by atoms with Gasteiger partial charge in [-0.05, 0) is 79.2 Å². The minimum atomic E-state index is -0.982. The van der Waals surface area contributed by atoms with E-state index >= 15 is 0 Å². The van der Waals surface area contributed by atoms with E-state index in [9.17, 15) is 14.4 Å². The van der Waals surface area contributed by atoms with Crippen LogP contribution in [0.2, 0.25) is 0 Å². The molecular formula is C19H22BrNO6S. The topological polar surface area (TPSA) is 82.1 Å². The Morgan fingerprint density at radius 2 is 1.86 bits per heavy atom. The Morgan fingerprint density at radius 1 is 1.18 bits per heavy atom. The van der Waals surface area contributed by atoms with Crippen LogP contribution in [0, 0.1) is 0 Å². The quantitative estimate of drug-likeness (QED) is 0.414. The number of benzene rings is 1. The summed E-state index contributed by atoms with van der Waals surface area (Å²) in [5.41, 5.74) is 0.660. The summed E-state index contributed by atoms with van der Waals surface area (Å²) < 4.78 is 16.8. The first-order valence-electron chi connectivity index (χ1n) is 8.86. The molecule has 152 valence electrons. The maximum absolute atomic E-state index is 12.7. The molecule has 0 spiro atoms. The highest BCUT2D eigenvalue weighted by atomic mass is 79.9. The van der Waals surface area contributed by atoms with E-state index in [1.54, 1.807) is 25.1 Å². The number of hydrogen-bond acceptors (Lipinski definition) is 7. The predicted molar refractivity (Wildman–Crippen MR) is 110 cm³/mol. The molecule has 2 rings (SSSR count). The molecule has 0 unspecified atom stereocenters. The van der Waals surface area contributed by atoms with Gasteiger partial charge in [0.05, 0.1) is 29.2 Å². The van der Waals surface area contributed by atoms with Crippen LogP contribution in [0.15, 0.2) is 21.5 Å². The van der Waals surface area contributed by atoms with Crippen molar-refractivity contribution in [1.29, 1.82) is 0 Å². The lowest BCUT2D eigenvalue weighted by Crippen LogP contribution is -2.42. The maximum Gasteiger partial charge on any atom is 0.329 e. The van der Waals surface area contributed by atoms with Gasteiger partial charge in [0, 0.05) is 0 Å². The number of nitrogens with zero attached hydrogens (tertiary/aromatic N) is 1. The van der Waals surface area contributed by atoms with Crippen molar-refractivity contribution in [3.05, 3.63) is 27.1 Å². The zero-order valence-corrected chi connectivity index (χ0v) is 18.5. The minimum absolute atomic E-state index is 0.176. The van der Waals surface area contributed by atoms with Crippen LogP contribution in [0.4, 0.5) is 4.79 Å². The summed E-state index contributed by atoms with van der Waals surface area (Å²) in [5.74, 6) is -0.0401. The fraction of sp³-hybridized carbons (Fsp3) is 0.421. The van der Waals surface area contributed by atoms with E-state index in [4.69, 9.17) is 14.2 Å². The van der Waals surface area contributed by atoms with E-state index < -0.39 is 23.2 Å². The molecule has 0 N–H and O–H groups in total. The number of halogens is 1. The van der Waals surface area contributed by atoms with Gasteiger partial charge in [0.1, 0.15) is 6.04 Å². The zero-order chi connectivity index (χ0) is 20.8. The summed E-state index contributed by atoms with van der Waals surface area (Å²) in [6.07, 6.45) is 1.59. The summed E-state index contributed by atoms with van der Waals surface area (Å²) in [7, 11) is 0. The van der Waals surface area contributed by atoms with Crippen molar-refractivity contribution in [1.82, 2.24) is 4.90 Å². The molecule has 1 aliphatic heterocycles. The van der Waals surface area contributed by atoms with E-state index in [0.29, 0.717) is 34.7 Å². The van der Waals surface area contributed by atoms with Gasteiger partial charge in [-0.25, -0.2) is 4.79 Å². The predicted octanol–water partition coefficient (Wildman–Crippen LogP) is 4.23. The first kappa shape index (κ1) is 22.3. The Balaban J connectivity index is 2.34. The second kappa shape index (κ2) is 9.97. The molecule has 0 bridgehead atoms. The van der Waals surface area contributed by atoms with Gasteiger partial charge >= 0.3 is 5.97 Å². The molecule has 1 heterocycles. The van der Waals surface area contributed by atoms with E-state index in [1.807, 2.05) is 13.8 Å². The van der Waals surface area contributed by atoms with E-state index in [1.165, 1.54) is 6.92 Å². The first-order valence-corrected chi connectivity index (χ1v) is 10.5. The molecule has 1 aromatic carbocycles. The molecular weight excluding hydrogens is 450 g/mol. The number of esters is 1. The van der Waals surface area contributed by atoms with Crippen molar-refractivity contribution in [3.63, 3.8) is 0 Å². The van der Waals surface area contributed by atoms with Crippen LogP contribution in [-0.4, -0.2) is 47.9 Å². The molecule has 0 aromatic heterocycles. The molecule has 9 heteroatoms. The van der Waals surface area contributed by atoms with E-state index in [2.05, 4.69) is 15.9 Å². The summed E-state index contributed by atoms with van der Waals surface area (Å²) in [6.45, 7) is 7.97. The number of hydrogen-bond donors (Lipinski definition) is 0. The highest BCUT2D eigenvalue weighted by Gasteiger charge is 2.41. The van der Waals surface area contributed by atoms with Gasteiger partial charge < -0.3 is 14.2 Å². The molecule has 1 saturated heterocycles. The second-order valence-electron chi connectivity index (χ2n) is 5.68. The van der Waals surface area contributed by atoms with E-state index in [0.717, 1.165) is 16.7 Å². The Morgan fingerprint density at radius 3 is 2.46 bits per heavy atom. The second-order valence-corrected chi connectivity index (χ2v) is 7.52. The van der Waals surface area contributed by atoms with Crippen LogP contribution in [0.5, 0.6) is 11.5 Å². The number of ether oxygens (including phenoxy) is 3. The number of carbonyl (C=O) groups is 3. The molecule has 7 nitrogen and oxygen atoms in total. The highest BCUT2D eigenvalue weighted by molar-refractivity contribution is 9.10. The first-order chi connectivity index (χ1) is 13.3. The van der Waals surface area contributed by atoms with Crippen LogP contribution in [0.3, 0.4) is 0 Å². The summed E-state index contributed by atoms with van der Waals surface area (Å²) >= 11 is 4.24. The Hall–Kier alpha value is -2.00. The van der Waals surface area contributed by atoms with Crippen LogP contribution in [0.25, 0.3) is 6.08 Å². The largest absolute Gasteiger partial charge is 0.490 e. The lowest BCUT2D eigenvalue weighted by molar-refractivity contribution is -0.150. The molecule has 0 radical (unpaired) electrons. The normalized spacial score (nSPS) is 16.5. The standard InChI is InChI=1S/C19H22BrNO6S/c1-5-25-14-9-12(8-13(20)16(14)26-6-2)10-15-17(22)21(19(24)28-15)11(4)18(23)27-7-3/h8-11H,5-7H2,1-4H3/b15-10+/t11-/m1/s1. The highest BCUT2D eigenvalue weighted by Crippen LogP contribution is 2.39. The van der Waals surface area contributed by atoms with Crippen molar-refractivity contribution in [3.8, 4) is 11.5 Å². The molecule has 1 atom stereocenters. The average Bonchev–Trinajstić information content (AvgIpc) is 2.91. The molecule has 0 saturated carbocycles. The molecule has 1 aromatic rings. The molecule has 2 amide bonds. The van der Waals surface area contributed by atoms with E-state index in [-0.39, 0.29) is 11.5 Å². The Labute approximate surface area is 176 Å². The van der Waals surface area contributed by atoms with Crippen LogP contribution < -0.4 is 9.47 Å². The molecule has 0 aliphatic carbocycles. The number of rotatable bonds is 8. The fourth-order valence-corrected chi connectivity index (χ4v) is 4.03. The number of amides is 2. The van der Waals surface area contributed by atoms with Gasteiger partial charge in [0.15, 0.2) is 11.5 Å². The lowest BCUT2D eigenvalue weighted by Gasteiger charge is -2.19. The van der Waals surface area contributed by atoms with Gasteiger partial charge in [0.2, 0.25) is 0 Å². The van der Waals surface area contributed by atoms with Crippen LogP contribution in [-0.2, 0) is 14.3 Å². The smallest absolute Gasteiger partial charge is 0.329 e. The molecule has 1 fully saturated rings. The zero-order valence-electron chi connectivity index (χ0n) is 16.1. The average molecular weight is 472 g/mol. The van der Waals surface area contributed by atoms with Gasteiger partial charge in [-0.1, -0.05) is 0 Å². The third-order valence-corrected chi connectivity index (χ3v) is 5.23. The molecule has 28 heavy (non-hydrogen) atoms. The van der Waals surface area contributed by atoms with Crippen molar-refractivity contribution in [2.45, 2.75) is 33.7 Å². The number of imide groups is 1. The fourth-order valence-electron chi connectivity index (χ4n) is 2.55. The van der Waals surface area contributed by atoms with Crippen molar-refractivity contribution < 1.29 is 28.6 Å². The van der Waals surface area contributed by atoms with Crippen molar-refractivity contribution >= 4 is 50.9 Å². The minimum Gasteiger partial charge on any atom is -0.490 e. The Kier molecular flexibility index (Phi) is 7.94. The third-order valence-electron chi connectivity index (χ3n) is 3.76. The lowest BCUT2D eigenvalue weighted by atomic mass is 10.1. The Bertz CT molecular complexity index is 810. The third kappa shape index (κ3) is 4.88. The number of thioether (sulfide) groups is 1. The van der Waals surface area contributed by atoms with Crippen LogP contribution >= 0.6 is 27.7 Å². The maximum atomic E-state index is 12.7. The van der Waals surface area contributed by atoms with Gasteiger partial charge in [0.25, 0.3) is 11.1 Å². The summed E-state index contributed by atoms with van der Waals surface area (Å²) in [4.78, 5) is 38.0. The van der Waals surface area contributed by atoms with Gasteiger partial charge in [-0.2, -0.15) is 0 Å². The van der Waals surface area contributed by atoms with Gasteiger partial charge in [-0.3, -0.25) is 14.5 Å². The summed E-state index contributed by atoms with van der Waals surface area (Å²) in [5, 5.41) is -0.508. The van der Waals surface area contributed by atoms with Gasteiger partial charge in [-0.15, -0.1) is 0 Å². The number of carbonyl (C=O) groups excluding carboxylic acids is 3.